The van der Waals surface area contributed by atoms with Gasteiger partial charge in [-0.15, -0.1) is 0 Å². The second-order valence-corrected chi connectivity index (χ2v) is 5.43. The highest BCUT2D eigenvalue weighted by Gasteiger charge is 2.22. The summed E-state index contributed by atoms with van der Waals surface area (Å²) in [5, 5.41) is 2.61. The van der Waals surface area contributed by atoms with E-state index in [2.05, 4.69) is 17.1 Å². The Morgan fingerprint density at radius 1 is 1.52 bits per heavy atom. The van der Waals surface area contributed by atoms with E-state index < -0.39 is 0 Å². The molecule has 0 bridgehead atoms. The van der Waals surface area contributed by atoms with Gasteiger partial charge in [0, 0.05) is 32.3 Å². The first kappa shape index (κ1) is 15.6. The van der Waals surface area contributed by atoms with Gasteiger partial charge in [0.05, 0.1) is 17.5 Å². The number of ether oxygens (including phenoxy) is 1. The maximum atomic E-state index is 11.6. The summed E-state index contributed by atoms with van der Waals surface area (Å²) in [6.07, 6.45) is 3.52. The Hall–Kier alpha value is -1.75. The number of carbonyl (C=O) groups excluding carboxylic acids is 1. The molecule has 1 unspecified atom stereocenters. The van der Waals surface area contributed by atoms with Crippen LogP contribution in [0.2, 0.25) is 0 Å². The van der Waals surface area contributed by atoms with Crippen molar-refractivity contribution in [1.82, 2.24) is 5.32 Å². The van der Waals surface area contributed by atoms with E-state index in [-0.39, 0.29) is 12.0 Å². The smallest absolute Gasteiger partial charge is 0.251 e. The van der Waals surface area contributed by atoms with Crippen LogP contribution in [-0.2, 0) is 4.74 Å². The quantitative estimate of drug-likeness (QED) is 0.815. The number of anilines is 2. The number of nitrogens with zero attached hydrogens (tertiary/aromatic N) is 1. The zero-order valence-electron chi connectivity index (χ0n) is 12.9. The van der Waals surface area contributed by atoms with Gasteiger partial charge in [-0.3, -0.25) is 4.79 Å². The Morgan fingerprint density at radius 2 is 2.33 bits per heavy atom. The summed E-state index contributed by atoms with van der Waals surface area (Å²) in [6, 6.07) is 5.49. The SMILES string of the molecule is CCCOC1CCCN(c2ccc(C(=O)NC)cc2N)C1. The lowest BCUT2D eigenvalue weighted by molar-refractivity contribution is 0.0441. The molecule has 1 aliphatic heterocycles. The summed E-state index contributed by atoms with van der Waals surface area (Å²) < 4.78 is 5.86. The number of carbonyl (C=O) groups is 1. The molecule has 0 spiro atoms. The van der Waals surface area contributed by atoms with Crippen molar-refractivity contribution in [2.45, 2.75) is 32.3 Å². The summed E-state index contributed by atoms with van der Waals surface area (Å²) in [6.45, 7) is 4.78. The third kappa shape index (κ3) is 3.88. The summed E-state index contributed by atoms with van der Waals surface area (Å²) in [5.41, 5.74) is 8.36. The van der Waals surface area contributed by atoms with Crippen molar-refractivity contribution in [2.24, 2.45) is 0 Å². The molecule has 116 valence electrons. The zero-order valence-corrected chi connectivity index (χ0v) is 12.9. The van der Waals surface area contributed by atoms with Gasteiger partial charge in [0.2, 0.25) is 0 Å². The molecular formula is C16H25N3O2. The highest BCUT2D eigenvalue weighted by Crippen LogP contribution is 2.28. The molecule has 21 heavy (non-hydrogen) atoms. The van der Waals surface area contributed by atoms with Crippen LogP contribution < -0.4 is 16.0 Å². The van der Waals surface area contributed by atoms with Crippen molar-refractivity contribution in [3.8, 4) is 0 Å². The number of benzene rings is 1. The fourth-order valence-corrected chi connectivity index (χ4v) is 2.71. The van der Waals surface area contributed by atoms with Gasteiger partial charge in [-0.1, -0.05) is 6.92 Å². The lowest BCUT2D eigenvalue weighted by Crippen LogP contribution is -2.40. The van der Waals surface area contributed by atoms with Crippen LogP contribution in [-0.4, -0.2) is 38.8 Å². The largest absolute Gasteiger partial charge is 0.397 e. The van der Waals surface area contributed by atoms with Crippen molar-refractivity contribution in [3.63, 3.8) is 0 Å². The van der Waals surface area contributed by atoms with E-state index in [9.17, 15) is 4.79 Å². The van der Waals surface area contributed by atoms with Crippen molar-refractivity contribution >= 4 is 17.3 Å². The number of hydrogen-bond acceptors (Lipinski definition) is 4. The molecule has 1 heterocycles. The van der Waals surface area contributed by atoms with E-state index in [1.54, 1.807) is 13.1 Å². The molecule has 5 nitrogen and oxygen atoms in total. The van der Waals surface area contributed by atoms with Crippen molar-refractivity contribution in [3.05, 3.63) is 23.8 Å². The lowest BCUT2D eigenvalue weighted by atomic mass is 10.1. The monoisotopic (exact) mass is 291 g/mol. The molecule has 1 atom stereocenters. The molecule has 1 fully saturated rings. The van der Waals surface area contributed by atoms with Crippen LogP contribution in [0.5, 0.6) is 0 Å². The van der Waals surface area contributed by atoms with Gasteiger partial charge in [-0.2, -0.15) is 0 Å². The van der Waals surface area contributed by atoms with Crippen LogP contribution >= 0.6 is 0 Å². The normalized spacial score (nSPS) is 18.6. The van der Waals surface area contributed by atoms with Gasteiger partial charge in [0.15, 0.2) is 0 Å². The molecule has 1 aromatic carbocycles. The minimum atomic E-state index is -0.115. The van der Waals surface area contributed by atoms with Crippen LogP contribution in [0.4, 0.5) is 11.4 Å². The second-order valence-electron chi connectivity index (χ2n) is 5.43. The Labute approximate surface area is 126 Å². The molecule has 1 aromatic rings. The summed E-state index contributed by atoms with van der Waals surface area (Å²) in [7, 11) is 1.62. The molecule has 0 aliphatic carbocycles. The predicted octanol–water partition coefficient (Wildman–Crippen LogP) is 2.02. The van der Waals surface area contributed by atoms with Crippen molar-refractivity contribution in [2.75, 3.05) is 37.4 Å². The van der Waals surface area contributed by atoms with Gasteiger partial charge < -0.3 is 20.7 Å². The molecule has 1 amide bonds. The van der Waals surface area contributed by atoms with E-state index in [0.29, 0.717) is 11.3 Å². The first-order chi connectivity index (χ1) is 10.2. The maximum Gasteiger partial charge on any atom is 0.251 e. The van der Waals surface area contributed by atoms with E-state index >= 15 is 0 Å². The van der Waals surface area contributed by atoms with Gasteiger partial charge in [-0.05, 0) is 37.5 Å². The number of hydrogen-bond donors (Lipinski definition) is 2. The third-order valence-corrected chi connectivity index (χ3v) is 3.79. The number of nitrogens with two attached hydrogens (primary N) is 1. The van der Waals surface area contributed by atoms with Gasteiger partial charge >= 0.3 is 0 Å². The standard InChI is InChI=1S/C16H25N3O2/c1-3-9-21-13-5-4-8-19(11-13)15-7-6-12(10-14(15)17)16(20)18-2/h6-7,10,13H,3-5,8-9,11,17H2,1-2H3,(H,18,20). The number of nitrogen functional groups attached to an aromatic ring is 1. The van der Waals surface area contributed by atoms with E-state index in [1.165, 1.54) is 0 Å². The third-order valence-electron chi connectivity index (χ3n) is 3.79. The maximum absolute atomic E-state index is 11.6. The molecule has 0 radical (unpaired) electrons. The number of piperidine rings is 1. The second kappa shape index (κ2) is 7.31. The molecule has 1 aliphatic rings. The van der Waals surface area contributed by atoms with Crippen LogP contribution in [0.3, 0.4) is 0 Å². The Balaban J connectivity index is 2.08. The van der Waals surface area contributed by atoms with Gasteiger partial charge in [0.25, 0.3) is 5.91 Å². The van der Waals surface area contributed by atoms with Gasteiger partial charge in [0.1, 0.15) is 0 Å². The van der Waals surface area contributed by atoms with E-state index in [4.69, 9.17) is 10.5 Å². The van der Waals surface area contributed by atoms with Crippen molar-refractivity contribution < 1.29 is 9.53 Å². The van der Waals surface area contributed by atoms with Crippen molar-refractivity contribution in [1.29, 1.82) is 0 Å². The van der Waals surface area contributed by atoms with Crippen LogP contribution in [0.1, 0.15) is 36.5 Å². The Bertz CT molecular complexity index is 490. The Kier molecular flexibility index (Phi) is 5.44. The first-order valence-electron chi connectivity index (χ1n) is 7.63. The summed E-state index contributed by atoms with van der Waals surface area (Å²) >= 11 is 0. The topological polar surface area (TPSA) is 67.6 Å². The minimum Gasteiger partial charge on any atom is -0.397 e. The molecule has 1 saturated heterocycles. The number of nitrogens with one attached hydrogen (secondary N) is 1. The summed E-state index contributed by atoms with van der Waals surface area (Å²) in [5.74, 6) is -0.115. The highest BCUT2D eigenvalue weighted by atomic mass is 16.5. The fourth-order valence-electron chi connectivity index (χ4n) is 2.71. The van der Waals surface area contributed by atoms with Gasteiger partial charge in [-0.25, -0.2) is 0 Å². The Morgan fingerprint density at radius 3 is 3.00 bits per heavy atom. The average Bonchev–Trinajstić information content (AvgIpc) is 2.52. The van der Waals surface area contributed by atoms with E-state index in [0.717, 1.165) is 44.6 Å². The van der Waals surface area contributed by atoms with Crippen LogP contribution in [0, 0.1) is 0 Å². The van der Waals surface area contributed by atoms with Crippen LogP contribution in [0.15, 0.2) is 18.2 Å². The number of amides is 1. The molecule has 0 saturated carbocycles. The molecule has 5 heteroatoms. The van der Waals surface area contributed by atoms with Crippen LogP contribution in [0.25, 0.3) is 0 Å². The highest BCUT2D eigenvalue weighted by molar-refractivity contribution is 5.96. The molecule has 0 aromatic heterocycles. The summed E-state index contributed by atoms with van der Waals surface area (Å²) in [4.78, 5) is 13.9. The first-order valence-corrected chi connectivity index (χ1v) is 7.63. The average molecular weight is 291 g/mol. The molecular weight excluding hydrogens is 266 g/mol. The molecule has 3 N–H and O–H groups in total. The fraction of sp³-hybridized carbons (Fsp3) is 0.562. The van der Waals surface area contributed by atoms with E-state index in [1.807, 2.05) is 12.1 Å². The zero-order chi connectivity index (χ0) is 15.2. The molecule has 2 rings (SSSR count). The minimum absolute atomic E-state index is 0.115. The predicted molar refractivity (Wildman–Crippen MR) is 85.7 cm³/mol. The number of rotatable bonds is 5. The lowest BCUT2D eigenvalue weighted by Gasteiger charge is -2.35.